The molecule has 2 N–H and O–H groups in total. The van der Waals surface area contributed by atoms with E-state index in [4.69, 9.17) is 16.7 Å². The molecule has 2 rings (SSSR count). The van der Waals surface area contributed by atoms with E-state index >= 15 is 0 Å². The summed E-state index contributed by atoms with van der Waals surface area (Å²) in [6.45, 7) is 4.14. The number of anilines is 1. The molecular formula is C14H18ClN3O3. The van der Waals surface area contributed by atoms with Crippen molar-refractivity contribution in [2.75, 3.05) is 32.0 Å². The monoisotopic (exact) mass is 311 g/mol. The van der Waals surface area contributed by atoms with Gasteiger partial charge in [0.25, 0.3) is 0 Å². The molecule has 1 saturated heterocycles. The smallest absolute Gasteiger partial charge is 0.337 e. The molecule has 0 aromatic heterocycles. The van der Waals surface area contributed by atoms with Gasteiger partial charge in [-0.1, -0.05) is 11.6 Å². The zero-order chi connectivity index (χ0) is 15.6. The quantitative estimate of drug-likeness (QED) is 0.878. The Morgan fingerprint density at radius 2 is 2.10 bits per heavy atom. The van der Waals surface area contributed by atoms with E-state index in [1.807, 2.05) is 14.0 Å². The number of halogens is 1. The summed E-state index contributed by atoms with van der Waals surface area (Å²) >= 11 is 5.87. The molecule has 1 heterocycles. The third-order valence-electron chi connectivity index (χ3n) is 3.55. The van der Waals surface area contributed by atoms with Gasteiger partial charge in [0.2, 0.25) is 0 Å². The Balaban J connectivity index is 2.16. The Kier molecular flexibility index (Phi) is 4.69. The first-order chi connectivity index (χ1) is 9.88. The first kappa shape index (κ1) is 15.6. The summed E-state index contributed by atoms with van der Waals surface area (Å²) in [5.74, 6) is -1.10. The number of benzene rings is 1. The number of rotatable bonds is 2. The standard InChI is InChI=1S/C14H18ClN3O3/c1-9-8-17(2)5-6-18(9)14(21)16-12-7-10(15)3-4-11(12)13(19)20/h3-4,7,9H,5-6,8H2,1-2H3,(H,16,21)(H,19,20). The zero-order valence-electron chi connectivity index (χ0n) is 12.0. The van der Waals surface area contributed by atoms with Crippen LogP contribution in [0.5, 0.6) is 0 Å². The van der Waals surface area contributed by atoms with Crippen molar-refractivity contribution in [2.24, 2.45) is 0 Å². The minimum atomic E-state index is -1.10. The van der Waals surface area contributed by atoms with Crippen LogP contribution in [0.15, 0.2) is 18.2 Å². The number of aromatic carboxylic acids is 1. The van der Waals surface area contributed by atoms with E-state index in [1.54, 1.807) is 4.90 Å². The summed E-state index contributed by atoms with van der Waals surface area (Å²) in [5.41, 5.74) is 0.237. The maximum Gasteiger partial charge on any atom is 0.337 e. The third kappa shape index (κ3) is 3.65. The Bertz CT molecular complexity index is 564. The van der Waals surface area contributed by atoms with E-state index in [2.05, 4.69) is 10.2 Å². The van der Waals surface area contributed by atoms with Crippen LogP contribution in [0.2, 0.25) is 5.02 Å². The fraction of sp³-hybridized carbons (Fsp3) is 0.429. The second kappa shape index (κ2) is 6.32. The molecule has 2 amide bonds. The highest BCUT2D eigenvalue weighted by Gasteiger charge is 2.26. The van der Waals surface area contributed by atoms with Crippen molar-refractivity contribution in [2.45, 2.75) is 13.0 Å². The molecular weight excluding hydrogens is 294 g/mol. The second-order valence-corrected chi connectivity index (χ2v) is 5.67. The number of amides is 2. The highest BCUT2D eigenvalue weighted by atomic mass is 35.5. The Hall–Kier alpha value is -1.79. The lowest BCUT2D eigenvalue weighted by Crippen LogP contribution is -2.54. The van der Waals surface area contributed by atoms with Crippen LogP contribution in [0.4, 0.5) is 10.5 Å². The van der Waals surface area contributed by atoms with Crippen LogP contribution < -0.4 is 5.32 Å². The molecule has 1 atom stereocenters. The highest BCUT2D eigenvalue weighted by Crippen LogP contribution is 2.22. The molecule has 1 aliphatic rings. The number of likely N-dealkylation sites (N-methyl/N-ethyl adjacent to an activating group) is 1. The van der Waals surface area contributed by atoms with Crippen molar-refractivity contribution in [3.05, 3.63) is 28.8 Å². The van der Waals surface area contributed by atoms with E-state index in [0.29, 0.717) is 11.6 Å². The van der Waals surface area contributed by atoms with Crippen LogP contribution >= 0.6 is 11.6 Å². The van der Waals surface area contributed by atoms with Gasteiger partial charge in [-0.2, -0.15) is 0 Å². The topological polar surface area (TPSA) is 72.9 Å². The lowest BCUT2D eigenvalue weighted by atomic mass is 10.1. The minimum Gasteiger partial charge on any atom is -0.478 e. The van der Waals surface area contributed by atoms with Gasteiger partial charge >= 0.3 is 12.0 Å². The number of nitrogens with zero attached hydrogens (tertiary/aromatic N) is 2. The average Bonchev–Trinajstić information content (AvgIpc) is 2.37. The van der Waals surface area contributed by atoms with Gasteiger partial charge in [-0.25, -0.2) is 9.59 Å². The molecule has 1 aromatic carbocycles. The number of piperazine rings is 1. The largest absolute Gasteiger partial charge is 0.478 e. The van der Waals surface area contributed by atoms with Crippen molar-refractivity contribution in [1.29, 1.82) is 0 Å². The van der Waals surface area contributed by atoms with Crippen LogP contribution in [0.1, 0.15) is 17.3 Å². The fourth-order valence-corrected chi connectivity index (χ4v) is 2.61. The second-order valence-electron chi connectivity index (χ2n) is 5.23. The summed E-state index contributed by atoms with van der Waals surface area (Å²) in [4.78, 5) is 27.4. The molecule has 0 spiro atoms. The molecule has 0 saturated carbocycles. The summed E-state index contributed by atoms with van der Waals surface area (Å²) in [5, 5.41) is 12.2. The number of carbonyl (C=O) groups is 2. The highest BCUT2D eigenvalue weighted by molar-refractivity contribution is 6.31. The van der Waals surface area contributed by atoms with Gasteiger partial charge in [0.15, 0.2) is 0 Å². The number of carbonyl (C=O) groups excluding carboxylic acids is 1. The van der Waals surface area contributed by atoms with Crippen molar-refractivity contribution >= 4 is 29.3 Å². The summed E-state index contributed by atoms with van der Waals surface area (Å²) < 4.78 is 0. The third-order valence-corrected chi connectivity index (χ3v) is 3.78. The van der Waals surface area contributed by atoms with E-state index in [0.717, 1.165) is 13.1 Å². The van der Waals surface area contributed by atoms with Crippen LogP contribution in [0.3, 0.4) is 0 Å². The lowest BCUT2D eigenvalue weighted by molar-refractivity contribution is 0.0698. The Morgan fingerprint density at radius 1 is 1.38 bits per heavy atom. The predicted molar refractivity (Wildman–Crippen MR) is 81.1 cm³/mol. The molecule has 1 aliphatic heterocycles. The molecule has 0 bridgehead atoms. The van der Waals surface area contributed by atoms with Gasteiger partial charge in [0, 0.05) is 30.7 Å². The summed E-state index contributed by atoms with van der Waals surface area (Å²) in [6, 6.07) is 4.08. The summed E-state index contributed by atoms with van der Waals surface area (Å²) in [6.07, 6.45) is 0. The van der Waals surface area contributed by atoms with Crippen LogP contribution in [0, 0.1) is 0 Å². The van der Waals surface area contributed by atoms with Crippen molar-refractivity contribution in [1.82, 2.24) is 9.80 Å². The fourth-order valence-electron chi connectivity index (χ4n) is 2.43. The van der Waals surface area contributed by atoms with E-state index in [-0.39, 0.29) is 23.3 Å². The Morgan fingerprint density at radius 3 is 2.71 bits per heavy atom. The van der Waals surface area contributed by atoms with Gasteiger partial charge in [0.05, 0.1) is 11.3 Å². The molecule has 114 valence electrons. The molecule has 0 radical (unpaired) electrons. The normalized spacial score (nSPS) is 19.4. The van der Waals surface area contributed by atoms with Gasteiger partial charge in [-0.3, -0.25) is 0 Å². The first-order valence-electron chi connectivity index (χ1n) is 6.67. The first-order valence-corrected chi connectivity index (χ1v) is 7.05. The average molecular weight is 312 g/mol. The van der Waals surface area contributed by atoms with Gasteiger partial charge in [-0.15, -0.1) is 0 Å². The van der Waals surface area contributed by atoms with Crippen LogP contribution in [-0.4, -0.2) is 59.6 Å². The van der Waals surface area contributed by atoms with Crippen molar-refractivity contribution < 1.29 is 14.7 Å². The van der Waals surface area contributed by atoms with Gasteiger partial charge < -0.3 is 20.2 Å². The molecule has 1 aromatic rings. The number of hydrogen-bond donors (Lipinski definition) is 2. The maximum absolute atomic E-state index is 12.3. The maximum atomic E-state index is 12.3. The molecule has 1 unspecified atom stereocenters. The Labute approximate surface area is 128 Å². The predicted octanol–water partition coefficient (Wildman–Crippen LogP) is 2.21. The van der Waals surface area contributed by atoms with Gasteiger partial charge in [-0.05, 0) is 32.2 Å². The van der Waals surface area contributed by atoms with E-state index in [1.165, 1.54) is 18.2 Å². The molecule has 1 fully saturated rings. The van der Waals surface area contributed by atoms with Crippen LogP contribution in [-0.2, 0) is 0 Å². The van der Waals surface area contributed by atoms with E-state index in [9.17, 15) is 9.59 Å². The SMILES string of the molecule is CC1CN(C)CCN1C(=O)Nc1cc(Cl)ccc1C(=O)O. The minimum absolute atomic E-state index is 0.0227. The molecule has 0 aliphatic carbocycles. The number of urea groups is 1. The number of carboxylic acids is 1. The summed E-state index contributed by atoms with van der Waals surface area (Å²) in [7, 11) is 2.01. The lowest BCUT2D eigenvalue weighted by Gasteiger charge is -2.38. The molecule has 6 nitrogen and oxygen atoms in total. The number of nitrogens with one attached hydrogen (secondary N) is 1. The van der Waals surface area contributed by atoms with Crippen molar-refractivity contribution in [3.63, 3.8) is 0 Å². The van der Waals surface area contributed by atoms with Crippen LogP contribution in [0.25, 0.3) is 0 Å². The molecule has 21 heavy (non-hydrogen) atoms. The van der Waals surface area contributed by atoms with E-state index < -0.39 is 5.97 Å². The van der Waals surface area contributed by atoms with Gasteiger partial charge in [0.1, 0.15) is 0 Å². The van der Waals surface area contributed by atoms with Crippen molar-refractivity contribution in [3.8, 4) is 0 Å². The number of hydrogen-bond acceptors (Lipinski definition) is 3. The zero-order valence-corrected chi connectivity index (χ0v) is 12.7. The number of carboxylic acid groups (broad SMARTS) is 1. The molecule has 7 heteroatoms.